The molecule has 0 unspecified atom stereocenters. The van der Waals surface area contributed by atoms with Gasteiger partial charge >= 0.3 is 0 Å². The SMILES string of the molecule is Cc1ccc(Nc2c(C(=O)NOCC3CC3)ccc(F)c2F)[n+]([O-])c1. The predicted molar refractivity (Wildman–Crippen MR) is 85.9 cm³/mol. The van der Waals surface area contributed by atoms with E-state index >= 15 is 0 Å². The van der Waals surface area contributed by atoms with Crippen molar-refractivity contribution in [2.75, 3.05) is 11.9 Å². The molecule has 1 fully saturated rings. The van der Waals surface area contributed by atoms with E-state index in [1.165, 1.54) is 12.3 Å². The first-order chi connectivity index (χ1) is 12.0. The highest BCUT2D eigenvalue weighted by molar-refractivity contribution is 5.99. The van der Waals surface area contributed by atoms with Gasteiger partial charge in [0, 0.05) is 6.07 Å². The van der Waals surface area contributed by atoms with Gasteiger partial charge in [0.15, 0.2) is 11.5 Å². The molecule has 0 spiro atoms. The Labute approximate surface area is 143 Å². The Morgan fingerprint density at radius 1 is 1.32 bits per heavy atom. The number of amides is 1. The molecule has 0 radical (unpaired) electrons. The van der Waals surface area contributed by atoms with Crippen molar-refractivity contribution in [3.8, 4) is 0 Å². The van der Waals surface area contributed by atoms with Crippen molar-refractivity contribution in [2.24, 2.45) is 5.92 Å². The van der Waals surface area contributed by atoms with Crippen LogP contribution in [0.25, 0.3) is 0 Å². The lowest BCUT2D eigenvalue weighted by Gasteiger charge is -2.13. The molecule has 25 heavy (non-hydrogen) atoms. The summed E-state index contributed by atoms with van der Waals surface area (Å²) in [6.07, 6.45) is 3.37. The van der Waals surface area contributed by atoms with Crippen molar-refractivity contribution in [3.05, 3.63) is 58.4 Å². The number of anilines is 2. The Morgan fingerprint density at radius 3 is 2.76 bits per heavy atom. The molecule has 3 rings (SSSR count). The topological polar surface area (TPSA) is 77.3 Å². The molecular formula is C17H17F2N3O3. The number of hydrogen-bond donors (Lipinski definition) is 2. The minimum Gasteiger partial charge on any atom is -0.711 e. The number of carbonyl (C=O) groups is 1. The fourth-order valence-corrected chi connectivity index (χ4v) is 2.23. The highest BCUT2D eigenvalue weighted by atomic mass is 19.2. The molecule has 0 aliphatic heterocycles. The molecule has 6 nitrogen and oxygen atoms in total. The number of nitrogens with zero attached hydrogens (tertiary/aromatic N) is 1. The third-order valence-corrected chi connectivity index (χ3v) is 3.84. The average Bonchev–Trinajstić information content (AvgIpc) is 3.38. The smallest absolute Gasteiger partial charge is 0.282 e. The van der Waals surface area contributed by atoms with Gasteiger partial charge in [-0.1, -0.05) is 0 Å². The van der Waals surface area contributed by atoms with Crippen molar-refractivity contribution in [1.29, 1.82) is 0 Å². The quantitative estimate of drug-likeness (QED) is 0.478. The summed E-state index contributed by atoms with van der Waals surface area (Å²) in [4.78, 5) is 17.3. The fraction of sp³-hybridized carbons (Fsp3) is 0.294. The molecule has 1 aromatic carbocycles. The molecule has 1 saturated carbocycles. The number of pyridine rings is 1. The normalized spacial score (nSPS) is 13.6. The van der Waals surface area contributed by atoms with Crippen molar-refractivity contribution in [1.82, 2.24) is 5.48 Å². The summed E-state index contributed by atoms with van der Waals surface area (Å²) in [6, 6.07) is 5.01. The van der Waals surface area contributed by atoms with E-state index in [1.807, 2.05) is 0 Å². The van der Waals surface area contributed by atoms with E-state index in [-0.39, 0.29) is 11.4 Å². The number of aryl methyl sites for hydroxylation is 1. The van der Waals surface area contributed by atoms with Gasteiger partial charge < -0.3 is 5.21 Å². The van der Waals surface area contributed by atoms with Crippen LogP contribution in [0.4, 0.5) is 20.3 Å². The molecule has 1 heterocycles. The predicted octanol–water partition coefficient (Wildman–Crippen LogP) is 2.72. The van der Waals surface area contributed by atoms with Gasteiger partial charge in [-0.05, 0) is 49.4 Å². The standard InChI is InChI=1S/C17H17F2N3O3/c1-10-2-7-14(22(24)8-10)20-16-12(5-6-13(18)15(16)19)17(23)21-25-9-11-3-4-11/h2,5-8,11,20H,3-4,9H2,1H3,(H,21,23). The van der Waals surface area contributed by atoms with E-state index in [9.17, 15) is 18.8 Å². The van der Waals surface area contributed by atoms with Gasteiger partial charge in [-0.2, -0.15) is 4.39 Å². The molecule has 1 amide bonds. The van der Waals surface area contributed by atoms with E-state index in [0.29, 0.717) is 22.8 Å². The third-order valence-electron chi connectivity index (χ3n) is 3.84. The lowest BCUT2D eigenvalue weighted by atomic mass is 10.1. The summed E-state index contributed by atoms with van der Waals surface area (Å²) in [5, 5.41) is 14.4. The van der Waals surface area contributed by atoms with E-state index in [2.05, 4.69) is 10.8 Å². The van der Waals surface area contributed by atoms with Crippen LogP contribution in [0.15, 0.2) is 30.5 Å². The van der Waals surface area contributed by atoms with Crippen molar-refractivity contribution in [3.63, 3.8) is 0 Å². The molecule has 0 saturated heterocycles. The highest BCUT2D eigenvalue weighted by Crippen LogP contribution is 2.29. The second-order valence-electron chi connectivity index (χ2n) is 6.01. The molecule has 0 atom stereocenters. The van der Waals surface area contributed by atoms with Gasteiger partial charge in [0.2, 0.25) is 5.82 Å². The molecule has 132 valence electrons. The minimum absolute atomic E-state index is 0.0388. The second kappa shape index (κ2) is 7.02. The zero-order valence-electron chi connectivity index (χ0n) is 13.5. The largest absolute Gasteiger partial charge is 0.711 e. The van der Waals surface area contributed by atoms with Crippen LogP contribution in [0.2, 0.25) is 0 Å². The van der Waals surface area contributed by atoms with Gasteiger partial charge in [0.25, 0.3) is 11.7 Å². The molecule has 1 aromatic heterocycles. The summed E-state index contributed by atoms with van der Waals surface area (Å²) in [6.45, 7) is 2.09. The number of nitrogens with one attached hydrogen (secondary N) is 2. The van der Waals surface area contributed by atoms with Gasteiger partial charge in [0.1, 0.15) is 0 Å². The summed E-state index contributed by atoms with van der Waals surface area (Å²) < 4.78 is 28.3. The number of hydroxylamine groups is 1. The minimum atomic E-state index is -1.25. The second-order valence-corrected chi connectivity index (χ2v) is 6.01. The number of carbonyl (C=O) groups excluding carboxylic acids is 1. The maximum absolute atomic E-state index is 14.2. The van der Waals surface area contributed by atoms with Crippen molar-refractivity contribution in [2.45, 2.75) is 19.8 Å². The molecule has 1 aliphatic carbocycles. The van der Waals surface area contributed by atoms with Gasteiger partial charge in [-0.15, -0.1) is 0 Å². The Kier molecular flexibility index (Phi) is 4.80. The number of aromatic nitrogens is 1. The monoisotopic (exact) mass is 349 g/mol. The Morgan fingerprint density at radius 2 is 2.08 bits per heavy atom. The molecule has 2 N–H and O–H groups in total. The zero-order valence-corrected chi connectivity index (χ0v) is 13.5. The van der Waals surface area contributed by atoms with Crippen LogP contribution in [-0.4, -0.2) is 12.5 Å². The van der Waals surface area contributed by atoms with Crippen molar-refractivity contribution < 1.29 is 23.1 Å². The van der Waals surface area contributed by atoms with Crippen LogP contribution in [0.5, 0.6) is 0 Å². The molecule has 1 aliphatic rings. The number of hydrogen-bond acceptors (Lipinski definition) is 4. The Bertz CT molecular complexity index is 810. The first-order valence-electron chi connectivity index (χ1n) is 7.82. The number of rotatable bonds is 6. The van der Waals surface area contributed by atoms with Crippen LogP contribution < -0.4 is 15.5 Å². The maximum atomic E-state index is 14.2. The van der Waals surface area contributed by atoms with E-state index in [1.54, 1.807) is 13.0 Å². The van der Waals surface area contributed by atoms with Gasteiger partial charge in [-0.3, -0.25) is 9.63 Å². The van der Waals surface area contributed by atoms with E-state index in [0.717, 1.165) is 25.0 Å². The Hall–Kier alpha value is -2.74. The molecule has 0 bridgehead atoms. The van der Waals surface area contributed by atoms with Crippen LogP contribution in [0, 0.1) is 29.7 Å². The summed E-state index contributed by atoms with van der Waals surface area (Å²) in [7, 11) is 0. The summed E-state index contributed by atoms with van der Waals surface area (Å²) in [5.74, 6) is -2.73. The van der Waals surface area contributed by atoms with Gasteiger partial charge in [0.05, 0.1) is 18.4 Å². The van der Waals surface area contributed by atoms with E-state index in [4.69, 9.17) is 4.84 Å². The molecule has 2 aromatic rings. The fourth-order valence-electron chi connectivity index (χ4n) is 2.23. The molecule has 8 heteroatoms. The van der Waals surface area contributed by atoms with E-state index < -0.39 is 23.2 Å². The Balaban J connectivity index is 1.85. The lowest BCUT2D eigenvalue weighted by Crippen LogP contribution is -2.31. The average molecular weight is 349 g/mol. The van der Waals surface area contributed by atoms with Crippen LogP contribution in [0.3, 0.4) is 0 Å². The van der Waals surface area contributed by atoms with Crippen molar-refractivity contribution >= 4 is 17.4 Å². The van der Waals surface area contributed by atoms with Crippen LogP contribution in [-0.2, 0) is 4.84 Å². The number of halogens is 2. The first-order valence-corrected chi connectivity index (χ1v) is 7.82. The molecular weight excluding hydrogens is 332 g/mol. The lowest BCUT2D eigenvalue weighted by molar-refractivity contribution is -0.590. The summed E-state index contributed by atoms with van der Waals surface area (Å²) >= 11 is 0. The third kappa shape index (κ3) is 4.03. The van der Waals surface area contributed by atoms with Crippen LogP contribution >= 0.6 is 0 Å². The van der Waals surface area contributed by atoms with Gasteiger partial charge in [-0.25, -0.2) is 19.9 Å². The zero-order chi connectivity index (χ0) is 18.0. The van der Waals surface area contributed by atoms with Crippen LogP contribution in [0.1, 0.15) is 28.8 Å². The first kappa shape index (κ1) is 17.1. The number of benzene rings is 1. The highest BCUT2D eigenvalue weighted by Gasteiger charge is 2.25. The maximum Gasteiger partial charge on any atom is 0.282 e. The summed E-state index contributed by atoms with van der Waals surface area (Å²) in [5.41, 5.74) is 2.31.